The number of carbonyl (C=O) groups is 2. The Kier molecular flexibility index (Phi) is 5.66. The van der Waals surface area contributed by atoms with Crippen molar-refractivity contribution in [3.63, 3.8) is 0 Å². The van der Waals surface area contributed by atoms with Crippen LogP contribution in [0.1, 0.15) is 47.6 Å². The molecule has 0 spiro atoms. The third-order valence-corrected chi connectivity index (χ3v) is 4.85. The van der Waals surface area contributed by atoms with Crippen LogP contribution in [-0.2, 0) is 9.59 Å². The van der Waals surface area contributed by atoms with Gasteiger partial charge in [-0.3, -0.25) is 14.6 Å². The maximum atomic E-state index is 12.6. The molecule has 26 heavy (non-hydrogen) atoms. The lowest BCUT2D eigenvalue weighted by Gasteiger charge is -2.23. The molecule has 1 saturated heterocycles. The highest BCUT2D eigenvalue weighted by Crippen LogP contribution is 2.25. The lowest BCUT2D eigenvalue weighted by atomic mass is 9.94. The lowest BCUT2D eigenvalue weighted by Crippen LogP contribution is -2.34. The van der Waals surface area contributed by atoms with Crippen LogP contribution in [0.2, 0.25) is 0 Å². The monoisotopic (exact) mass is 351 g/mol. The highest BCUT2D eigenvalue weighted by molar-refractivity contribution is 5.80. The number of aromatic nitrogens is 1. The topological polar surface area (TPSA) is 62.3 Å². The summed E-state index contributed by atoms with van der Waals surface area (Å²) in [5, 5.41) is 3.14. The number of likely N-dealkylation sites (tertiary alicyclic amines) is 1. The van der Waals surface area contributed by atoms with Crippen LogP contribution in [0.3, 0.4) is 0 Å². The normalized spacial score (nSPS) is 15.2. The Hall–Kier alpha value is -2.69. The SMILES string of the molecule is Cc1ccc(C)c(C(NC(=O)CCN2CCCC2=O)c2cccnc2)c1. The Labute approximate surface area is 154 Å². The van der Waals surface area contributed by atoms with Gasteiger partial charge in [0.15, 0.2) is 0 Å². The van der Waals surface area contributed by atoms with Crippen LogP contribution in [0.25, 0.3) is 0 Å². The van der Waals surface area contributed by atoms with Crippen molar-refractivity contribution >= 4 is 11.8 Å². The van der Waals surface area contributed by atoms with E-state index in [-0.39, 0.29) is 17.9 Å². The van der Waals surface area contributed by atoms with E-state index >= 15 is 0 Å². The number of aryl methyl sites for hydroxylation is 2. The minimum atomic E-state index is -0.245. The summed E-state index contributed by atoms with van der Waals surface area (Å²) in [5.74, 6) is 0.0931. The maximum Gasteiger partial charge on any atom is 0.222 e. The number of nitrogens with zero attached hydrogens (tertiary/aromatic N) is 2. The Bertz CT molecular complexity index is 789. The summed E-state index contributed by atoms with van der Waals surface area (Å²) in [6, 6.07) is 9.86. The van der Waals surface area contributed by atoms with Gasteiger partial charge >= 0.3 is 0 Å². The minimum absolute atomic E-state index is 0.0561. The van der Waals surface area contributed by atoms with Crippen molar-refractivity contribution in [3.05, 3.63) is 65.0 Å². The van der Waals surface area contributed by atoms with Crippen LogP contribution in [0, 0.1) is 13.8 Å². The number of pyridine rings is 1. The predicted octanol–water partition coefficient (Wildman–Crippen LogP) is 2.92. The van der Waals surface area contributed by atoms with Crippen molar-refractivity contribution in [1.82, 2.24) is 15.2 Å². The number of carbonyl (C=O) groups excluding carboxylic acids is 2. The molecular weight excluding hydrogens is 326 g/mol. The van der Waals surface area contributed by atoms with Crippen LogP contribution in [0.5, 0.6) is 0 Å². The molecule has 0 radical (unpaired) electrons. The van der Waals surface area contributed by atoms with E-state index in [2.05, 4.69) is 28.5 Å². The summed E-state index contributed by atoms with van der Waals surface area (Å²) in [6.45, 7) is 5.34. The summed E-state index contributed by atoms with van der Waals surface area (Å²) in [6.07, 6.45) is 5.32. The molecule has 0 aliphatic carbocycles. The van der Waals surface area contributed by atoms with Crippen LogP contribution >= 0.6 is 0 Å². The van der Waals surface area contributed by atoms with E-state index < -0.39 is 0 Å². The second-order valence-corrected chi connectivity index (χ2v) is 6.88. The molecule has 1 fully saturated rings. The highest BCUT2D eigenvalue weighted by Gasteiger charge is 2.22. The fourth-order valence-electron chi connectivity index (χ4n) is 3.37. The summed E-state index contributed by atoms with van der Waals surface area (Å²) in [4.78, 5) is 30.3. The fraction of sp³-hybridized carbons (Fsp3) is 0.381. The molecule has 3 rings (SSSR count). The van der Waals surface area contributed by atoms with E-state index in [0.717, 1.165) is 35.2 Å². The quantitative estimate of drug-likeness (QED) is 0.870. The Morgan fingerprint density at radius 1 is 1.31 bits per heavy atom. The lowest BCUT2D eigenvalue weighted by molar-refractivity contribution is -0.128. The molecule has 1 atom stereocenters. The van der Waals surface area contributed by atoms with E-state index in [0.29, 0.717) is 19.4 Å². The number of benzene rings is 1. The van der Waals surface area contributed by atoms with E-state index in [1.54, 1.807) is 17.3 Å². The number of rotatable bonds is 6. The summed E-state index contributed by atoms with van der Waals surface area (Å²) >= 11 is 0. The molecule has 1 aromatic heterocycles. The van der Waals surface area contributed by atoms with Crippen LogP contribution < -0.4 is 5.32 Å². The van der Waals surface area contributed by atoms with Gasteiger partial charge < -0.3 is 10.2 Å². The molecule has 2 heterocycles. The van der Waals surface area contributed by atoms with Crippen molar-refractivity contribution in [2.75, 3.05) is 13.1 Å². The summed E-state index contributed by atoms with van der Waals surface area (Å²) in [5.41, 5.74) is 4.30. The van der Waals surface area contributed by atoms with Crippen molar-refractivity contribution < 1.29 is 9.59 Å². The van der Waals surface area contributed by atoms with Gasteiger partial charge in [0.2, 0.25) is 11.8 Å². The van der Waals surface area contributed by atoms with Crippen LogP contribution in [0.4, 0.5) is 0 Å². The fourth-order valence-corrected chi connectivity index (χ4v) is 3.37. The van der Waals surface area contributed by atoms with Gasteiger partial charge in [0.25, 0.3) is 0 Å². The van der Waals surface area contributed by atoms with Crippen molar-refractivity contribution in [1.29, 1.82) is 0 Å². The first-order chi connectivity index (χ1) is 12.5. The van der Waals surface area contributed by atoms with Gasteiger partial charge in [-0.2, -0.15) is 0 Å². The third-order valence-electron chi connectivity index (χ3n) is 4.85. The standard InChI is InChI=1S/C21H25N3O2/c1-15-7-8-16(2)18(13-15)21(17-5-3-10-22-14-17)23-19(25)9-12-24-11-4-6-20(24)26/h3,5,7-8,10,13-14,21H,4,6,9,11-12H2,1-2H3,(H,23,25). The van der Waals surface area contributed by atoms with Gasteiger partial charge in [0, 0.05) is 38.3 Å². The molecular formula is C21H25N3O2. The highest BCUT2D eigenvalue weighted by atomic mass is 16.2. The second-order valence-electron chi connectivity index (χ2n) is 6.88. The molecule has 0 bridgehead atoms. The van der Waals surface area contributed by atoms with E-state index in [1.165, 1.54) is 0 Å². The number of nitrogens with one attached hydrogen (secondary N) is 1. The minimum Gasteiger partial charge on any atom is -0.345 e. The van der Waals surface area contributed by atoms with Crippen LogP contribution in [0.15, 0.2) is 42.7 Å². The van der Waals surface area contributed by atoms with E-state index in [4.69, 9.17) is 0 Å². The van der Waals surface area contributed by atoms with Gasteiger partial charge in [-0.05, 0) is 43.0 Å². The summed E-state index contributed by atoms with van der Waals surface area (Å²) in [7, 11) is 0. The van der Waals surface area contributed by atoms with Gasteiger partial charge in [-0.1, -0.05) is 29.8 Å². The van der Waals surface area contributed by atoms with Crippen molar-refractivity contribution in [2.45, 2.75) is 39.2 Å². The average molecular weight is 351 g/mol. The molecule has 136 valence electrons. The average Bonchev–Trinajstić information content (AvgIpc) is 3.06. The molecule has 1 unspecified atom stereocenters. The van der Waals surface area contributed by atoms with Crippen LogP contribution in [-0.4, -0.2) is 34.8 Å². The molecule has 2 amide bonds. The number of amides is 2. The van der Waals surface area contributed by atoms with E-state index in [9.17, 15) is 9.59 Å². The molecule has 5 nitrogen and oxygen atoms in total. The van der Waals surface area contributed by atoms with Gasteiger partial charge in [-0.15, -0.1) is 0 Å². The molecule has 1 aromatic carbocycles. The Morgan fingerprint density at radius 2 is 2.15 bits per heavy atom. The Morgan fingerprint density at radius 3 is 2.85 bits per heavy atom. The molecule has 2 aromatic rings. The molecule has 1 aliphatic heterocycles. The zero-order chi connectivity index (χ0) is 18.5. The largest absolute Gasteiger partial charge is 0.345 e. The molecule has 1 N–H and O–H groups in total. The first-order valence-electron chi connectivity index (χ1n) is 9.09. The van der Waals surface area contributed by atoms with Gasteiger partial charge in [-0.25, -0.2) is 0 Å². The zero-order valence-corrected chi connectivity index (χ0v) is 15.4. The zero-order valence-electron chi connectivity index (χ0n) is 15.4. The molecule has 1 aliphatic rings. The first kappa shape index (κ1) is 18.1. The molecule has 0 saturated carbocycles. The molecule has 5 heteroatoms. The third kappa shape index (κ3) is 4.28. The first-order valence-corrected chi connectivity index (χ1v) is 9.09. The number of hydrogen-bond donors (Lipinski definition) is 1. The van der Waals surface area contributed by atoms with Gasteiger partial charge in [0.1, 0.15) is 0 Å². The second kappa shape index (κ2) is 8.13. The van der Waals surface area contributed by atoms with Crippen molar-refractivity contribution in [3.8, 4) is 0 Å². The Balaban J connectivity index is 1.77. The van der Waals surface area contributed by atoms with Gasteiger partial charge in [0.05, 0.1) is 6.04 Å². The summed E-state index contributed by atoms with van der Waals surface area (Å²) < 4.78 is 0. The number of hydrogen-bond acceptors (Lipinski definition) is 3. The van der Waals surface area contributed by atoms with E-state index in [1.807, 2.05) is 26.0 Å². The predicted molar refractivity (Wildman–Crippen MR) is 101 cm³/mol. The van der Waals surface area contributed by atoms with Crippen molar-refractivity contribution in [2.24, 2.45) is 0 Å². The smallest absolute Gasteiger partial charge is 0.222 e. The maximum absolute atomic E-state index is 12.6.